The minimum atomic E-state index is 0.256. The molecule has 0 heterocycles. The molecule has 0 saturated carbocycles. The van der Waals surface area contributed by atoms with Gasteiger partial charge in [0.15, 0.2) is 0 Å². The maximum absolute atomic E-state index is 3.65. The fourth-order valence-corrected chi connectivity index (χ4v) is 2.30. The van der Waals surface area contributed by atoms with Crippen LogP contribution in [0.2, 0.25) is 0 Å². The molecule has 0 aliphatic heterocycles. The maximum atomic E-state index is 3.65. The van der Waals surface area contributed by atoms with Gasteiger partial charge in [0.2, 0.25) is 0 Å². The second-order valence-electron chi connectivity index (χ2n) is 5.32. The SMILES string of the molecule is CC(C)NCCNC(c1ccccc1)c1ccccc1. The van der Waals surface area contributed by atoms with Gasteiger partial charge in [-0.3, -0.25) is 0 Å². The zero-order chi connectivity index (χ0) is 14.2. The first kappa shape index (κ1) is 14.8. The summed E-state index contributed by atoms with van der Waals surface area (Å²) < 4.78 is 0. The normalized spacial score (nSPS) is 11.2. The van der Waals surface area contributed by atoms with Crippen molar-refractivity contribution >= 4 is 0 Å². The van der Waals surface area contributed by atoms with Gasteiger partial charge in [0.25, 0.3) is 0 Å². The molecule has 2 aromatic carbocycles. The van der Waals surface area contributed by atoms with E-state index in [1.165, 1.54) is 11.1 Å². The van der Waals surface area contributed by atoms with E-state index >= 15 is 0 Å². The van der Waals surface area contributed by atoms with Crippen LogP contribution in [0.25, 0.3) is 0 Å². The fraction of sp³-hybridized carbons (Fsp3) is 0.333. The lowest BCUT2D eigenvalue weighted by molar-refractivity contribution is 0.531. The van der Waals surface area contributed by atoms with E-state index in [1.54, 1.807) is 0 Å². The Labute approximate surface area is 122 Å². The first-order chi connectivity index (χ1) is 9.77. The third kappa shape index (κ3) is 4.48. The molecule has 0 spiro atoms. The molecule has 0 aliphatic rings. The van der Waals surface area contributed by atoms with Crippen LogP contribution in [-0.4, -0.2) is 19.1 Å². The predicted molar refractivity (Wildman–Crippen MR) is 85.9 cm³/mol. The van der Waals surface area contributed by atoms with Gasteiger partial charge in [-0.1, -0.05) is 74.5 Å². The highest BCUT2D eigenvalue weighted by atomic mass is 15.0. The highest BCUT2D eigenvalue weighted by Crippen LogP contribution is 2.21. The molecule has 0 aliphatic carbocycles. The lowest BCUT2D eigenvalue weighted by Gasteiger charge is -2.20. The minimum Gasteiger partial charge on any atom is -0.313 e. The van der Waals surface area contributed by atoms with Crippen LogP contribution in [0.4, 0.5) is 0 Å². The number of hydrogen-bond acceptors (Lipinski definition) is 2. The van der Waals surface area contributed by atoms with Crippen molar-refractivity contribution in [2.45, 2.75) is 25.9 Å². The van der Waals surface area contributed by atoms with Crippen LogP contribution >= 0.6 is 0 Å². The fourth-order valence-electron chi connectivity index (χ4n) is 2.30. The van der Waals surface area contributed by atoms with Crippen molar-refractivity contribution in [1.82, 2.24) is 10.6 Å². The molecule has 2 N–H and O–H groups in total. The number of rotatable bonds is 7. The van der Waals surface area contributed by atoms with Crippen molar-refractivity contribution in [3.8, 4) is 0 Å². The van der Waals surface area contributed by atoms with E-state index in [-0.39, 0.29) is 6.04 Å². The van der Waals surface area contributed by atoms with Crippen molar-refractivity contribution in [3.05, 3.63) is 71.8 Å². The second-order valence-corrected chi connectivity index (χ2v) is 5.32. The van der Waals surface area contributed by atoms with E-state index in [2.05, 4.69) is 85.1 Å². The average molecular weight is 268 g/mol. The molecule has 0 atom stereocenters. The van der Waals surface area contributed by atoms with E-state index < -0.39 is 0 Å². The van der Waals surface area contributed by atoms with Gasteiger partial charge < -0.3 is 10.6 Å². The highest BCUT2D eigenvalue weighted by Gasteiger charge is 2.12. The topological polar surface area (TPSA) is 24.1 Å². The van der Waals surface area contributed by atoms with Gasteiger partial charge in [0.05, 0.1) is 6.04 Å². The summed E-state index contributed by atoms with van der Waals surface area (Å²) in [5.41, 5.74) is 2.62. The van der Waals surface area contributed by atoms with Crippen molar-refractivity contribution in [1.29, 1.82) is 0 Å². The molecule has 2 heteroatoms. The zero-order valence-electron chi connectivity index (χ0n) is 12.3. The van der Waals surface area contributed by atoms with E-state index in [4.69, 9.17) is 0 Å². The molecule has 106 valence electrons. The summed E-state index contributed by atoms with van der Waals surface area (Å²) in [6.45, 7) is 6.28. The van der Waals surface area contributed by atoms with E-state index in [1.807, 2.05) is 0 Å². The van der Waals surface area contributed by atoms with Crippen LogP contribution in [0.3, 0.4) is 0 Å². The molecule has 2 aromatic rings. The first-order valence-electron chi connectivity index (χ1n) is 7.34. The highest BCUT2D eigenvalue weighted by molar-refractivity contribution is 5.31. The second kappa shape index (κ2) is 7.83. The Bertz CT molecular complexity index is 440. The zero-order valence-corrected chi connectivity index (χ0v) is 12.3. The van der Waals surface area contributed by atoms with Gasteiger partial charge in [-0.05, 0) is 11.1 Å². The molecule has 0 bridgehead atoms. The lowest BCUT2D eigenvalue weighted by atomic mass is 9.99. The first-order valence-corrected chi connectivity index (χ1v) is 7.34. The van der Waals surface area contributed by atoms with Gasteiger partial charge in [-0.25, -0.2) is 0 Å². The Morgan fingerprint density at radius 2 is 1.15 bits per heavy atom. The van der Waals surface area contributed by atoms with Crippen LogP contribution in [0, 0.1) is 0 Å². The lowest BCUT2D eigenvalue weighted by Crippen LogP contribution is -2.33. The Balaban J connectivity index is 2.06. The van der Waals surface area contributed by atoms with Crippen molar-refractivity contribution in [2.24, 2.45) is 0 Å². The molecule has 0 aromatic heterocycles. The van der Waals surface area contributed by atoms with Gasteiger partial charge in [0, 0.05) is 19.1 Å². The van der Waals surface area contributed by atoms with Crippen molar-refractivity contribution in [2.75, 3.05) is 13.1 Å². The van der Waals surface area contributed by atoms with E-state index in [0.717, 1.165) is 13.1 Å². The summed E-state index contributed by atoms with van der Waals surface area (Å²) in [5, 5.41) is 7.09. The Morgan fingerprint density at radius 1 is 0.700 bits per heavy atom. The Kier molecular flexibility index (Phi) is 5.78. The van der Waals surface area contributed by atoms with Gasteiger partial charge in [-0.15, -0.1) is 0 Å². The Morgan fingerprint density at radius 3 is 1.60 bits per heavy atom. The van der Waals surface area contributed by atoms with Crippen LogP contribution in [-0.2, 0) is 0 Å². The summed E-state index contributed by atoms with van der Waals surface area (Å²) in [7, 11) is 0. The number of benzene rings is 2. The third-order valence-corrected chi connectivity index (χ3v) is 3.29. The third-order valence-electron chi connectivity index (χ3n) is 3.29. The van der Waals surface area contributed by atoms with Crippen molar-refractivity contribution in [3.63, 3.8) is 0 Å². The molecule has 0 fully saturated rings. The smallest absolute Gasteiger partial charge is 0.0577 e. The molecule has 0 unspecified atom stereocenters. The van der Waals surface area contributed by atoms with Crippen LogP contribution < -0.4 is 10.6 Å². The summed E-state index contributed by atoms with van der Waals surface area (Å²) in [5.74, 6) is 0. The summed E-state index contributed by atoms with van der Waals surface area (Å²) in [4.78, 5) is 0. The number of nitrogens with one attached hydrogen (secondary N) is 2. The predicted octanol–water partition coefficient (Wildman–Crippen LogP) is 3.36. The molecule has 2 rings (SSSR count). The average Bonchev–Trinajstić information content (AvgIpc) is 2.49. The van der Waals surface area contributed by atoms with Gasteiger partial charge in [0.1, 0.15) is 0 Å². The largest absolute Gasteiger partial charge is 0.313 e. The molecule has 0 amide bonds. The Hall–Kier alpha value is -1.64. The van der Waals surface area contributed by atoms with E-state index in [9.17, 15) is 0 Å². The quantitative estimate of drug-likeness (QED) is 0.752. The minimum absolute atomic E-state index is 0.256. The van der Waals surface area contributed by atoms with Crippen LogP contribution in [0.5, 0.6) is 0 Å². The molecule has 20 heavy (non-hydrogen) atoms. The van der Waals surface area contributed by atoms with E-state index in [0.29, 0.717) is 6.04 Å². The van der Waals surface area contributed by atoms with Crippen molar-refractivity contribution < 1.29 is 0 Å². The molecule has 2 nitrogen and oxygen atoms in total. The standard InChI is InChI=1S/C18H24N2/c1-15(2)19-13-14-20-18(16-9-5-3-6-10-16)17-11-7-4-8-12-17/h3-12,15,18-20H,13-14H2,1-2H3. The van der Waals surface area contributed by atoms with Gasteiger partial charge >= 0.3 is 0 Å². The van der Waals surface area contributed by atoms with Crippen LogP contribution in [0.15, 0.2) is 60.7 Å². The molecule has 0 radical (unpaired) electrons. The maximum Gasteiger partial charge on any atom is 0.0577 e. The summed E-state index contributed by atoms with van der Waals surface area (Å²) >= 11 is 0. The molecule has 0 saturated heterocycles. The van der Waals surface area contributed by atoms with Crippen LogP contribution in [0.1, 0.15) is 31.0 Å². The molecular formula is C18H24N2. The monoisotopic (exact) mass is 268 g/mol. The summed E-state index contributed by atoms with van der Waals surface area (Å²) in [6, 6.07) is 22.0. The molecular weight excluding hydrogens is 244 g/mol. The summed E-state index contributed by atoms with van der Waals surface area (Å²) in [6.07, 6.45) is 0. The number of hydrogen-bond donors (Lipinski definition) is 2. The van der Waals surface area contributed by atoms with Gasteiger partial charge in [-0.2, -0.15) is 0 Å².